The average molecular weight is 388 g/mol. The van der Waals surface area contributed by atoms with Crippen LogP contribution in [0.15, 0.2) is 53.5 Å². The van der Waals surface area contributed by atoms with Crippen molar-refractivity contribution in [2.75, 3.05) is 0 Å². The summed E-state index contributed by atoms with van der Waals surface area (Å²) in [6.45, 7) is 0. The zero-order valence-electron chi connectivity index (χ0n) is 10.7. The minimum Gasteiger partial charge on any atom is -0.444 e. The van der Waals surface area contributed by atoms with Gasteiger partial charge in [0.05, 0.1) is 6.20 Å². The molecule has 4 aromatic rings. The zero-order valence-corrected chi connectivity index (χ0v) is 12.9. The van der Waals surface area contributed by atoms with Crippen molar-refractivity contribution >= 4 is 33.8 Å². The number of pyridine rings is 1. The number of aromatic amines is 1. The molecule has 0 fully saturated rings. The van der Waals surface area contributed by atoms with Crippen molar-refractivity contribution in [3.63, 3.8) is 0 Å². The molecule has 1 aromatic carbocycles. The fourth-order valence-corrected chi connectivity index (χ4v) is 2.59. The number of nitrogens with zero attached hydrogens (tertiary/aromatic N) is 3. The van der Waals surface area contributed by atoms with Crippen LogP contribution in [0.5, 0.6) is 0 Å². The molecule has 0 spiro atoms. The van der Waals surface area contributed by atoms with Crippen molar-refractivity contribution in [3.8, 4) is 22.7 Å². The summed E-state index contributed by atoms with van der Waals surface area (Å²) in [5.74, 6) is 1.56. The van der Waals surface area contributed by atoms with Gasteiger partial charge in [0.25, 0.3) is 0 Å². The smallest absolute Gasteiger partial charge is 0.181 e. The third-order valence-corrected chi connectivity index (χ3v) is 3.77. The van der Waals surface area contributed by atoms with Gasteiger partial charge in [-0.2, -0.15) is 0 Å². The molecule has 3 aromatic heterocycles. The molecule has 3 heterocycles. The van der Waals surface area contributed by atoms with E-state index in [9.17, 15) is 0 Å². The number of halogens is 1. The fraction of sp³-hybridized carbons (Fsp3) is 0. The molecule has 0 radical (unpaired) electrons. The second kappa shape index (κ2) is 4.96. The van der Waals surface area contributed by atoms with Gasteiger partial charge in [-0.3, -0.25) is 0 Å². The minimum absolute atomic E-state index is 0.752. The Bertz CT molecular complexity index is 897. The lowest BCUT2D eigenvalue weighted by atomic mass is 10.1. The first kappa shape index (κ1) is 12.5. The summed E-state index contributed by atoms with van der Waals surface area (Å²) < 4.78 is 6.35. The zero-order chi connectivity index (χ0) is 14.2. The molecular weight excluding hydrogens is 379 g/mol. The summed E-state index contributed by atoms with van der Waals surface area (Å²) in [5, 5.41) is 0. The maximum atomic E-state index is 5.28. The number of rotatable bonds is 2. The van der Waals surface area contributed by atoms with Gasteiger partial charge in [-0.05, 0) is 28.7 Å². The number of fused-ring (bicyclic) bond motifs is 1. The van der Waals surface area contributed by atoms with Gasteiger partial charge in [-0.25, -0.2) is 15.0 Å². The number of imidazole rings is 1. The molecule has 0 unspecified atom stereocenters. The van der Waals surface area contributed by atoms with E-state index in [1.54, 1.807) is 6.20 Å². The van der Waals surface area contributed by atoms with Crippen LogP contribution >= 0.6 is 22.6 Å². The lowest BCUT2D eigenvalue weighted by molar-refractivity contribution is 0.572. The Balaban J connectivity index is 1.74. The van der Waals surface area contributed by atoms with Crippen LogP contribution in [0.4, 0.5) is 0 Å². The van der Waals surface area contributed by atoms with Crippen molar-refractivity contribution in [2.45, 2.75) is 0 Å². The number of aromatic nitrogens is 4. The number of oxazole rings is 1. The van der Waals surface area contributed by atoms with Crippen LogP contribution in [-0.2, 0) is 0 Å². The molecule has 21 heavy (non-hydrogen) atoms. The Hall–Kier alpha value is -2.22. The van der Waals surface area contributed by atoms with Crippen molar-refractivity contribution in [3.05, 3.63) is 52.7 Å². The highest BCUT2D eigenvalue weighted by molar-refractivity contribution is 14.1. The molecular formula is C15H9IN4O. The largest absolute Gasteiger partial charge is 0.444 e. The van der Waals surface area contributed by atoms with Gasteiger partial charge >= 0.3 is 0 Å². The van der Waals surface area contributed by atoms with E-state index in [0.29, 0.717) is 0 Å². The summed E-state index contributed by atoms with van der Waals surface area (Å²) in [5.41, 5.74) is 3.66. The third-order valence-electron chi connectivity index (χ3n) is 3.18. The molecule has 6 heteroatoms. The molecule has 0 bridgehead atoms. The standard InChI is InChI=1S/C15H9IN4O/c16-11-5-12-15(18-6-11)20-14(19-12)10-3-1-9(2-4-10)13-7-17-8-21-13/h1-8H,(H,18,19,20). The summed E-state index contributed by atoms with van der Waals surface area (Å²) in [7, 11) is 0. The van der Waals surface area contributed by atoms with Crippen molar-refractivity contribution in [1.82, 2.24) is 19.9 Å². The molecule has 5 nitrogen and oxygen atoms in total. The highest BCUT2D eigenvalue weighted by Crippen LogP contribution is 2.24. The lowest BCUT2D eigenvalue weighted by Crippen LogP contribution is -1.81. The van der Waals surface area contributed by atoms with E-state index in [2.05, 4.69) is 42.5 Å². The van der Waals surface area contributed by atoms with Crippen molar-refractivity contribution in [2.24, 2.45) is 0 Å². The first-order valence-corrected chi connectivity index (χ1v) is 7.38. The summed E-state index contributed by atoms with van der Waals surface area (Å²) in [4.78, 5) is 16.1. The van der Waals surface area contributed by atoms with E-state index < -0.39 is 0 Å². The Morgan fingerprint density at radius 2 is 1.86 bits per heavy atom. The maximum Gasteiger partial charge on any atom is 0.181 e. The molecule has 0 amide bonds. The number of hydrogen-bond acceptors (Lipinski definition) is 4. The van der Waals surface area contributed by atoms with Crippen molar-refractivity contribution < 1.29 is 4.42 Å². The SMILES string of the molecule is Ic1cnc2[nH]c(-c3ccc(-c4cnco4)cc3)nc2c1. The summed E-state index contributed by atoms with van der Waals surface area (Å²) >= 11 is 2.23. The molecule has 0 aliphatic carbocycles. The first-order valence-electron chi connectivity index (χ1n) is 6.30. The normalized spacial score (nSPS) is 11.1. The van der Waals surface area contributed by atoms with E-state index in [4.69, 9.17) is 4.42 Å². The van der Waals surface area contributed by atoms with E-state index in [-0.39, 0.29) is 0 Å². The van der Waals surface area contributed by atoms with Gasteiger partial charge in [0.15, 0.2) is 17.8 Å². The molecule has 1 N–H and O–H groups in total. The predicted molar refractivity (Wildman–Crippen MR) is 87.5 cm³/mol. The summed E-state index contributed by atoms with van der Waals surface area (Å²) in [6.07, 6.45) is 4.94. The van der Waals surface area contributed by atoms with Crippen LogP contribution in [0, 0.1) is 3.57 Å². The molecule has 0 aliphatic heterocycles. The van der Waals surface area contributed by atoms with Crippen LogP contribution in [0.3, 0.4) is 0 Å². The number of nitrogens with one attached hydrogen (secondary N) is 1. The Morgan fingerprint density at radius 1 is 1.05 bits per heavy atom. The van der Waals surface area contributed by atoms with E-state index in [0.717, 1.165) is 37.4 Å². The predicted octanol–water partition coefficient (Wildman–Crippen LogP) is 3.88. The molecule has 0 saturated carbocycles. The average Bonchev–Trinajstić information content (AvgIpc) is 3.16. The lowest BCUT2D eigenvalue weighted by Gasteiger charge is -1.98. The molecule has 0 aliphatic rings. The fourth-order valence-electron chi connectivity index (χ4n) is 2.16. The monoisotopic (exact) mass is 388 g/mol. The van der Waals surface area contributed by atoms with Gasteiger partial charge in [-0.1, -0.05) is 24.3 Å². The Morgan fingerprint density at radius 3 is 2.62 bits per heavy atom. The van der Waals surface area contributed by atoms with Crippen LogP contribution in [0.25, 0.3) is 33.9 Å². The van der Waals surface area contributed by atoms with Gasteiger partial charge in [-0.15, -0.1) is 0 Å². The van der Waals surface area contributed by atoms with Crippen LogP contribution < -0.4 is 0 Å². The number of H-pyrrole nitrogens is 1. The van der Waals surface area contributed by atoms with Gasteiger partial charge in [0, 0.05) is 20.9 Å². The third kappa shape index (κ3) is 2.31. The van der Waals surface area contributed by atoms with E-state index >= 15 is 0 Å². The summed E-state index contributed by atoms with van der Waals surface area (Å²) in [6, 6.07) is 9.98. The van der Waals surface area contributed by atoms with Gasteiger partial charge in [0.2, 0.25) is 0 Å². The van der Waals surface area contributed by atoms with E-state index in [1.807, 2.05) is 36.5 Å². The minimum atomic E-state index is 0.752. The van der Waals surface area contributed by atoms with Crippen molar-refractivity contribution in [1.29, 1.82) is 0 Å². The first-order chi connectivity index (χ1) is 10.3. The van der Waals surface area contributed by atoms with Crippen LogP contribution in [-0.4, -0.2) is 19.9 Å². The molecule has 4 rings (SSSR count). The van der Waals surface area contributed by atoms with Crippen LogP contribution in [0.2, 0.25) is 0 Å². The maximum absolute atomic E-state index is 5.28. The van der Waals surface area contributed by atoms with Crippen LogP contribution in [0.1, 0.15) is 0 Å². The highest BCUT2D eigenvalue weighted by atomic mass is 127. The van der Waals surface area contributed by atoms with E-state index in [1.165, 1.54) is 6.39 Å². The second-order valence-corrected chi connectivity index (χ2v) is 5.80. The number of benzene rings is 1. The Labute approximate surface area is 133 Å². The second-order valence-electron chi connectivity index (χ2n) is 4.55. The molecule has 0 saturated heterocycles. The quantitative estimate of drug-likeness (QED) is 0.530. The van der Waals surface area contributed by atoms with Gasteiger partial charge in [0.1, 0.15) is 11.3 Å². The highest BCUT2D eigenvalue weighted by Gasteiger charge is 2.08. The van der Waals surface area contributed by atoms with Gasteiger partial charge < -0.3 is 9.40 Å². The topological polar surface area (TPSA) is 67.6 Å². The Kier molecular flexibility index (Phi) is 2.95. The number of hydrogen-bond donors (Lipinski definition) is 1. The molecule has 102 valence electrons. The molecule has 0 atom stereocenters.